The normalized spacial score (nSPS) is 27.6. The molecule has 0 amide bonds. The third kappa shape index (κ3) is 8.62. The van der Waals surface area contributed by atoms with Crippen molar-refractivity contribution in [2.45, 2.75) is 115 Å². The summed E-state index contributed by atoms with van der Waals surface area (Å²) in [7, 11) is 0. The van der Waals surface area contributed by atoms with Gasteiger partial charge in [0.25, 0.3) is 0 Å². The van der Waals surface area contributed by atoms with Crippen molar-refractivity contribution in [2.75, 3.05) is 27.9 Å². The minimum absolute atomic E-state index is 0.0669. The third-order valence-electron chi connectivity index (χ3n) is 16.1. The maximum atomic E-state index is 11.5. The van der Waals surface area contributed by atoms with Crippen molar-refractivity contribution >= 4 is 78.1 Å². The van der Waals surface area contributed by atoms with E-state index >= 15 is 0 Å². The molecule has 1 spiro atoms. The van der Waals surface area contributed by atoms with Gasteiger partial charge in [0.15, 0.2) is 5.79 Å². The molecule has 11 unspecified atom stereocenters. The van der Waals surface area contributed by atoms with E-state index in [2.05, 4.69) is 104 Å². The number of aromatic nitrogens is 5. The van der Waals surface area contributed by atoms with Gasteiger partial charge in [-0.1, -0.05) is 87.0 Å². The number of rotatable bonds is 16. The van der Waals surface area contributed by atoms with E-state index in [1.807, 2.05) is 44.2 Å². The highest BCUT2D eigenvalue weighted by atomic mass is 35.5. The summed E-state index contributed by atoms with van der Waals surface area (Å²) in [6, 6.07) is 28.6. The minimum atomic E-state index is -1.04. The fraction of sp³-hybridized carbons (Fsp3) is 0.411. The van der Waals surface area contributed by atoms with Crippen LogP contribution in [0.25, 0.3) is 41.3 Å². The van der Waals surface area contributed by atoms with Crippen LogP contribution in [-0.4, -0.2) is 77.4 Å². The number of fused-ring (bicyclic) bond motifs is 2. The summed E-state index contributed by atoms with van der Waals surface area (Å²) in [5, 5.41) is 38.5. The summed E-state index contributed by atoms with van der Waals surface area (Å²) in [6.07, 6.45) is 3.33. The first-order chi connectivity index (χ1) is 35.3. The van der Waals surface area contributed by atoms with Gasteiger partial charge in [0.1, 0.15) is 39.3 Å². The molecule has 6 N–H and O–H groups in total. The molecule has 3 aliphatic carbocycles. The van der Waals surface area contributed by atoms with Crippen LogP contribution in [0.2, 0.25) is 5.15 Å². The van der Waals surface area contributed by atoms with Crippen LogP contribution in [0.5, 0.6) is 0 Å². The summed E-state index contributed by atoms with van der Waals surface area (Å²) in [5.74, 6) is 2.69. The number of thiophene rings is 1. The van der Waals surface area contributed by atoms with Crippen LogP contribution < -0.4 is 21.3 Å². The topological polar surface area (TPSA) is 185 Å². The molecule has 14 nitrogen and oxygen atoms in total. The van der Waals surface area contributed by atoms with E-state index in [4.69, 9.17) is 50.4 Å². The average molecular weight is 1040 g/mol. The number of furan rings is 1. The molecule has 5 aromatic heterocycles. The monoisotopic (exact) mass is 1040 g/mol. The number of thiazole rings is 1. The van der Waals surface area contributed by atoms with Gasteiger partial charge in [-0.15, -0.1) is 22.7 Å². The zero-order chi connectivity index (χ0) is 50.3. The van der Waals surface area contributed by atoms with Crippen molar-refractivity contribution in [1.29, 1.82) is 0 Å². The fourth-order valence-electron chi connectivity index (χ4n) is 12.1. The molecule has 1 aliphatic heterocycles. The molecule has 3 aromatic carbocycles. The quantitative estimate of drug-likeness (QED) is 0.0502. The largest absolute Gasteiger partial charge is 0.467 e. The number of halogens is 1. The van der Waals surface area contributed by atoms with Crippen LogP contribution in [0.15, 0.2) is 95.6 Å². The van der Waals surface area contributed by atoms with Crippen LogP contribution in [0, 0.1) is 30.6 Å². The van der Waals surface area contributed by atoms with Gasteiger partial charge < -0.3 is 45.4 Å². The van der Waals surface area contributed by atoms with Crippen LogP contribution in [0.1, 0.15) is 81.6 Å². The Balaban J connectivity index is 0.824. The fourth-order valence-corrected chi connectivity index (χ4v) is 14.8. The first-order valence-corrected chi connectivity index (χ1v) is 27.5. The predicted octanol–water partition coefficient (Wildman–Crippen LogP) is 11.7. The SMILES string of the molecule is CCc1c(-c2c(C)nc(NCc3ccco3)nc2NC2CC3C(O)C34OC(C)(Cc3ccc5sc(-c6c(Cl)nc(NC(C)c7ccccc7)nc6NC6CC(CO)C(C)C6C)nc5c3)OC24)sc2ccccc12. The second kappa shape index (κ2) is 18.9. The number of ether oxygens (including phenoxy) is 2. The van der Waals surface area contributed by atoms with Gasteiger partial charge in [-0.3, -0.25) is 0 Å². The van der Waals surface area contributed by atoms with E-state index in [0.717, 1.165) is 56.1 Å². The van der Waals surface area contributed by atoms with Crippen molar-refractivity contribution in [3.63, 3.8) is 0 Å². The first-order valence-electron chi connectivity index (χ1n) is 25.5. The smallest absolute Gasteiger partial charge is 0.226 e. The molecular formula is C56H60ClN9O5S2. The standard InChI is InChI=1S/C56H60ClN9O5S2/c1-7-36-37-17-11-12-18-42(37)72-46(36)44-31(5)60-53(58-26-35-16-13-21-69-35)65-50(44)62-41-24-38-47(68)56(38)48(41)70-55(6,71-56)25-32-19-20-43-40(22-32)63-52(73-43)45-49(57)64-54(59-30(4)33-14-9-8-10-15-33)66-51(45)61-39-23-34(27-67)28(2)29(39)3/h8-22,28-30,34,38-39,41,47-48,67-68H,7,23-27H2,1-6H3,(H2,58,60,62,65)(H2,59,61,64,66). The number of hydrogen-bond acceptors (Lipinski definition) is 16. The Morgan fingerprint density at radius 2 is 1.63 bits per heavy atom. The van der Waals surface area contributed by atoms with E-state index < -0.39 is 23.6 Å². The molecule has 1 saturated heterocycles. The first kappa shape index (κ1) is 48.2. The van der Waals surface area contributed by atoms with Gasteiger partial charge in [-0.05, 0) is 110 Å². The van der Waals surface area contributed by atoms with Crippen molar-refractivity contribution in [2.24, 2.45) is 23.7 Å². The highest BCUT2D eigenvalue weighted by Crippen LogP contribution is 2.66. The number of aryl methyl sites for hydroxylation is 2. The summed E-state index contributed by atoms with van der Waals surface area (Å²) in [4.78, 5) is 26.3. The maximum Gasteiger partial charge on any atom is 0.226 e. The Morgan fingerprint density at radius 1 is 0.849 bits per heavy atom. The van der Waals surface area contributed by atoms with E-state index in [1.54, 1.807) is 17.6 Å². The summed E-state index contributed by atoms with van der Waals surface area (Å²) >= 11 is 10.5. The third-order valence-corrected chi connectivity index (χ3v) is 18.7. The maximum absolute atomic E-state index is 11.5. The lowest BCUT2D eigenvalue weighted by Gasteiger charge is -2.28. The number of aliphatic hydroxyl groups excluding tert-OH is 2. The number of nitrogens with one attached hydrogen (secondary N) is 4. The zero-order valence-electron chi connectivity index (χ0n) is 41.6. The van der Waals surface area contributed by atoms with Gasteiger partial charge in [0.05, 0.1) is 58.0 Å². The number of anilines is 4. The molecule has 3 saturated carbocycles. The van der Waals surface area contributed by atoms with Crippen molar-refractivity contribution in [3.8, 4) is 21.0 Å². The lowest BCUT2D eigenvalue weighted by atomic mass is 9.92. The predicted molar refractivity (Wildman–Crippen MR) is 290 cm³/mol. The van der Waals surface area contributed by atoms with Gasteiger partial charge in [-0.25, -0.2) is 15.0 Å². The highest BCUT2D eigenvalue weighted by Gasteiger charge is 2.81. The van der Waals surface area contributed by atoms with Gasteiger partial charge in [-0.2, -0.15) is 9.97 Å². The van der Waals surface area contributed by atoms with Gasteiger partial charge >= 0.3 is 0 Å². The molecular weight excluding hydrogens is 978 g/mol. The molecule has 0 bridgehead atoms. The number of aliphatic hydroxyl groups is 2. The Labute approximate surface area is 437 Å². The van der Waals surface area contributed by atoms with Crippen LogP contribution in [0.4, 0.5) is 23.5 Å². The molecule has 8 aromatic rings. The second-order valence-corrected chi connectivity index (χ2v) is 23.1. The molecule has 12 rings (SSSR count). The molecule has 73 heavy (non-hydrogen) atoms. The lowest BCUT2D eigenvalue weighted by Crippen LogP contribution is -2.40. The molecule has 378 valence electrons. The average Bonchev–Trinajstić information content (AvgIpc) is 4.18. The van der Waals surface area contributed by atoms with Gasteiger partial charge in [0, 0.05) is 34.6 Å². The minimum Gasteiger partial charge on any atom is -0.467 e. The van der Waals surface area contributed by atoms with E-state index in [0.29, 0.717) is 70.5 Å². The summed E-state index contributed by atoms with van der Waals surface area (Å²) in [5.41, 5.74) is 5.78. The number of benzene rings is 3. The van der Waals surface area contributed by atoms with Crippen LogP contribution >= 0.6 is 34.3 Å². The Hall–Kier alpha value is -5.72. The summed E-state index contributed by atoms with van der Waals surface area (Å²) in [6.45, 7) is 13.3. The van der Waals surface area contributed by atoms with E-state index in [-0.39, 0.29) is 36.6 Å². The molecule has 0 radical (unpaired) electrons. The van der Waals surface area contributed by atoms with Crippen molar-refractivity contribution in [1.82, 2.24) is 24.9 Å². The van der Waals surface area contributed by atoms with Crippen LogP contribution in [0.3, 0.4) is 0 Å². The molecule has 17 heteroatoms. The highest BCUT2D eigenvalue weighted by molar-refractivity contribution is 7.22. The van der Waals surface area contributed by atoms with Crippen molar-refractivity contribution < 1.29 is 24.1 Å². The van der Waals surface area contributed by atoms with Crippen molar-refractivity contribution in [3.05, 3.63) is 124 Å². The summed E-state index contributed by atoms with van der Waals surface area (Å²) < 4.78 is 21.8. The molecule has 11 atom stereocenters. The molecule has 4 fully saturated rings. The second-order valence-electron chi connectivity index (χ2n) is 20.7. The van der Waals surface area contributed by atoms with Gasteiger partial charge in [0.2, 0.25) is 11.9 Å². The zero-order valence-corrected chi connectivity index (χ0v) is 44.0. The van der Waals surface area contributed by atoms with E-state index in [9.17, 15) is 10.2 Å². The van der Waals surface area contributed by atoms with E-state index in [1.165, 1.54) is 27.0 Å². The number of nitrogens with zero attached hydrogens (tertiary/aromatic N) is 5. The Bertz CT molecular complexity index is 3340. The lowest BCUT2D eigenvalue weighted by molar-refractivity contribution is -0.170. The molecule has 6 heterocycles. The Kier molecular flexibility index (Phi) is 12.5. The number of hydrogen-bond donors (Lipinski definition) is 6. The van der Waals surface area contributed by atoms with Crippen LogP contribution in [-0.2, 0) is 28.9 Å². The molecule has 4 aliphatic rings. The Morgan fingerprint density at radius 3 is 2.41 bits per heavy atom.